The fourth-order valence-electron chi connectivity index (χ4n) is 3.23. The van der Waals surface area contributed by atoms with E-state index >= 15 is 0 Å². The van der Waals surface area contributed by atoms with Gasteiger partial charge in [-0.05, 0) is 44.2 Å². The highest BCUT2D eigenvalue weighted by molar-refractivity contribution is 5.93. The first kappa shape index (κ1) is 22.2. The Kier molecular flexibility index (Phi) is 6.94. The number of hydrogen-bond acceptors (Lipinski definition) is 5. The van der Waals surface area contributed by atoms with Crippen LogP contribution in [0.25, 0.3) is 15.4 Å². The molecular formula is C23H22N8O. The summed E-state index contributed by atoms with van der Waals surface area (Å²) < 4.78 is 1.49. The molecule has 0 unspecified atom stereocenters. The van der Waals surface area contributed by atoms with Gasteiger partial charge in [0.2, 0.25) is 5.91 Å². The van der Waals surface area contributed by atoms with Gasteiger partial charge >= 0.3 is 5.95 Å². The van der Waals surface area contributed by atoms with Gasteiger partial charge in [-0.1, -0.05) is 41.4 Å². The smallest absolute Gasteiger partial charge is 0.373 e. The van der Waals surface area contributed by atoms with Crippen LogP contribution in [0.1, 0.15) is 20.8 Å². The molecule has 1 N–H and O–H groups in total. The molecule has 160 valence electrons. The minimum atomic E-state index is -0.227. The van der Waals surface area contributed by atoms with Crippen LogP contribution in [0.4, 0.5) is 34.6 Å². The molecule has 0 atom stereocenters. The van der Waals surface area contributed by atoms with Gasteiger partial charge in [-0.15, -0.1) is 5.11 Å². The Hall–Kier alpha value is -4.50. The average molecular weight is 426 g/mol. The van der Waals surface area contributed by atoms with Crippen molar-refractivity contribution in [2.75, 3.05) is 23.3 Å². The lowest BCUT2D eigenvalue weighted by Gasteiger charge is -2.22. The number of imidazole rings is 1. The number of carbonyl (C=O) groups is 1. The Balaban J connectivity index is 2.10. The van der Waals surface area contributed by atoms with E-state index < -0.39 is 0 Å². The lowest BCUT2D eigenvalue weighted by atomic mass is 10.2. The molecule has 1 amide bonds. The summed E-state index contributed by atoms with van der Waals surface area (Å²) in [7, 11) is 0. The van der Waals surface area contributed by atoms with Gasteiger partial charge in [-0.2, -0.15) is 0 Å². The summed E-state index contributed by atoms with van der Waals surface area (Å²) in [5.74, 6) is -0.0970. The monoisotopic (exact) mass is 426 g/mol. The van der Waals surface area contributed by atoms with Crippen LogP contribution < -0.4 is 10.2 Å². The molecule has 0 saturated heterocycles. The Morgan fingerprint density at radius 1 is 1.09 bits per heavy atom. The topological polar surface area (TPSA) is 83.6 Å². The second-order valence-corrected chi connectivity index (χ2v) is 6.71. The summed E-state index contributed by atoms with van der Waals surface area (Å²) in [6.45, 7) is 22.0. The first-order valence-electron chi connectivity index (χ1n) is 10.0. The molecule has 0 aliphatic heterocycles. The fraction of sp³-hybridized carbons (Fsp3) is 0.217. The average Bonchev–Trinajstić information content (AvgIpc) is 3.17. The number of anilines is 2. The number of para-hydroxylation sites is 1. The van der Waals surface area contributed by atoms with E-state index in [4.69, 9.17) is 13.1 Å². The molecular weight excluding hydrogens is 404 g/mol. The molecule has 32 heavy (non-hydrogen) atoms. The van der Waals surface area contributed by atoms with Crippen molar-refractivity contribution in [2.24, 2.45) is 10.2 Å². The zero-order chi connectivity index (χ0) is 23.1. The van der Waals surface area contributed by atoms with E-state index in [2.05, 4.69) is 49.0 Å². The van der Waals surface area contributed by atoms with Gasteiger partial charge in [0.25, 0.3) is 11.6 Å². The van der Waals surface area contributed by atoms with Crippen LogP contribution in [0.15, 0.2) is 58.8 Å². The summed E-state index contributed by atoms with van der Waals surface area (Å²) in [5.41, 5.74) is 2.55. The van der Waals surface area contributed by atoms with Crippen LogP contribution in [0.2, 0.25) is 0 Å². The summed E-state index contributed by atoms with van der Waals surface area (Å²) in [6.07, 6.45) is 0. The first-order valence-corrected chi connectivity index (χ1v) is 10.0. The van der Waals surface area contributed by atoms with E-state index in [-0.39, 0.29) is 23.5 Å². The predicted molar refractivity (Wildman–Crippen MR) is 125 cm³/mol. The molecule has 9 nitrogen and oxygen atoms in total. The first-order chi connectivity index (χ1) is 15.5. The maximum absolute atomic E-state index is 11.7. The third-order valence-corrected chi connectivity index (χ3v) is 4.71. The van der Waals surface area contributed by atoms with E-state index in [1.165, 1.54) is 11.5 Å². The highest BCUT2D eigenvalue weighted by Crippen LogP contribution is 2.37. The molecule has 0 aliphatic carbocycles. The Labute approximate surface area is 186 Å². The number of nitrogens with zero attached hydrogens (tertiary/aromatic N) is 7. The third-order valence-electron chi connectivity index (χ3n) is 4.71. The van der Waals surface area contributed by atoms with Crippen LogP contribution in [-0.2, 0) is 4.79 Å². The van der Waals surface area contributed by atoms with Crippen LogP contribution in [0.3, 0.4) is 0 Å². The van der Waals surface area contributed by atoms with Gasteiger partial charge in [-0.25, -0.2) is 4.57 Å². The van der Waals surface area contributed by atoms with Gasteiger partial charge in [-0.3, -0.25) is 4.79 Å². The summed E-state index contributed by atoms with van der Waals surface area (Å²) in [6, 6.07) is 14.6. The number of amides is 1. The standard InChI is InChI=1S/C23H22N8O/c1-6-30(7-2)18-13-14-19(20(15-18)26-16(3)32)28-29-23-27-21(24-4)22(25-5)31(23)17-11-9-8-10-12-17/h8-15H,6-7H2,1-3H3,(H,26,32). The molecule has 3 aromatic rings. The van der Waals surface area contributed by atoms with Gasteiger partial charge in [0.05, 0.1) is 5.69 Å². The number of aromatic nitrogens is 2. The number of nitrogens with one attached hydrogen (secondary N) is 1. The van der Waals surface area contributed by atoms with Gasteiger partial charge in [0.1, 0.15) is 11.4 Å². The normalized spacial score (nSPS) is 10.5. The minimum Gasteiger partial charge on any atom is -0.373 e. The van der Waals surface area contributed by atoms with Crippen LogP contribution in [-0.4, -0.2) is 28.5 Å². The van der Waals surface area contributed by atoms with Crippen molar-refractivity contribution < 1.29 is 4.79 Å². The van der Waals surface area contributed by atoms with Crippen molar-refractivity contribution in [2.45, 2.75) is 20.8 Å². The summed E-state index contributed by atoms with van der Waals surface area (Å²) in [5, 5.41) is 11.3. The Morgan fingerprint density at radius 2 is 1.81 bits per heavy atom. The van der Waals surface area contributed by atoms with Gasteiger partial charge in [0, 0.05) is 25.7 Å². The molecule has 0 aliphatic rings. The molecule has 0 bridgehead atoms. The van der Waals surface area contributed by atoms with Crippen LogP contribution in [0, 0.1) is 13.1 Å². The minimum absolute atomic E-state index is 0.0447. The van der Waals surface area contributed by atoms with E-state index in [1.54, 1.807) is 18.2 Å². The van der Waals surface area contributed by atoms with Crippen LogP contribution in [0.5, 0.6) is 0 Å². The van der Waals surface area contributed by atoms with E-state index in [9.17, 15) is 4.79 Å². The van der Waals surface area contributed by atoms with E-state index in [0.717, 1.165) is 18.8 Å². The second kappa shape index (κ2) is 10.0. The zero-order valence-electron chi connectivity index (χ0n) is 18.1. The fourth-order valence-corrected chi connectivity index (χ4v) is 3.23. The lowest BCUT2D eigenvalue weighted by molar-refractivity contribution is -0.114. The summed E-state index contributed by atoms with van der Waals surface area (Å²) >= 11 is 0. The zero-order valence-corrected chi connectivity index (χ0v) is 18.1. The maximum atomic E-state index is 11.7. The van der Waals surface area contributed by atoms with E-state index in [1.807, 2.05) is 30.3 Å². The van der Waals surface area contributed by atoms with Crippen molar-refractivity contribution in [3.63, 3.8) is 0 Å². The maximum Gasteiger partial charge on any atom is 0.422 e. The van der Waals surface area contributed by atoms with Gasteiger partial charge in [0.15, 0.2) is 0 Å². The molecule has 3 rings (SSSR count). The highest BCUT2D eigenvalue weighted by atomic mass is 16.1. The van der Waals surface area contributed by atoms with Crippen molar-refractivity contribution >= 4 is 40.6 Å². The number of hydrogen-bond donors (Lipinski definition) is 1. The van der Waals surface area contributed by atoms with Crippen molar-refractivity contribution in [3.8, 4) is 5.69 Å². The van der Waals surface area contributed by atoms with Crippen LogP contribution >= 0.6 is 0 Å². The second-order valence-electron chi connectivity index (χ2n) is 6.71. The number of azo groups is 1. The van der Waals surface area contributed by atoms with Gasteiger partial charge < -0.3 is 19.9 Å². The predicted octanol–water partition coefficient (Wildman–Crippen LogP) is 6.19. The number of rotatable bonds is 7. The lowest BCUT2D eigenvalue weighted by Crippen LogP contribution is -2.21. The SMILES string of the molecule is [C-]#[N+]c1nc(N=Nc2ccc(N(CC)CC)cc2NC(C)=O)n(-c2ccccc2)c1[N+]#[C-]. The van der Waals surface area contributed by atoms with Crippen molar-refractivity contribution in [1.82, 2.24) is 9.55 Å². The number of benzene rings is 2. The number of carbonyl (C=O) groups excluding carboxylic acids is 1. The third kappa shape index (κ3) is 4.63. The quantitative estimate of drug-likeness (QED) is 0.361. The molecule has 1 heterocycles. The largest absolute Gasteiger partial charge is 0.422 e. The Morgan fingerprint density at radius 3 is 2.41 bits per heavy atom. The molecule has 0 radical (unpaired) electrons. The van der Waals surface area contributed by atoms with Crippen molar-refractivity contribution in [3.05, 3.63) is 71.4 Å². The molecule has 1 aromatic heterocycles. The van der Waals surface area contributed by atoms with Crippen molar-refractivity contribution in [1.29, 1.82) is 0 Å². The van der Waals surface area contributed by atoms with E-state index in [0.29, 0.717) is 17.1 Å². The molecule has 0 fully saturated rings. The summed E-state index contributed by atoms with van der Waals surface area (Å²) in [4.78, 5) is 24.9. The Bertz CT molecular complexity index is 1230. The molecule has 0 saturated carbocycles. The molecule has 0 spiro atoms. The highest BCUT2D eigenvalue weighted by Gasteiger charge is 2.24. The molecule has 2 aromatic carbocycles. The molecule has 9 heteroatoms.